The third kappa shape index (κ3) is 5.63. The van der Waals surface area contributed by atoms with E-state index in [1.165, 1.54) is 0 Å². The fraction of sp³-hybridized carbons (Fsp3) is 0.462. The number of ether oxygens (including phenoxy) is 8. The molecule has 4 aliphatic rings. The lowest BCUT2D eigenvalue weighted by atomic mass is 9.88. The van der Waals surface area contributed by atoms with E-state index < -0.39 is 35.0 Å². The number of rotatable bonds is 12. The summed E-state index contributed by atoms with van der Waals surface area (Å²) in [4.78, 5) is 53.8. The first kappa shape index (κ1) is 24.7. The van der Waals surface area contributed by atoms with Gasteiger partial charge in [-0.05, 0) is 10.8 Å². The number of carbonyl (C=O) groups excluding carboxylic acids is 4. The number of carbonyl (C=O) groups is 4. The Morgan fingerprint density at radius 3 is 1.05 bits per heavy atom. The number of esters is 4. The van der Waals surface area contributed by atoms with Gasteiger partial charge in [0.25, 0.3) is 0 Å². The van der Waals surface area contributed by atoms with Crippen LogP contribution in [0.2, 0.25) is 0 Å². The summed E-state index contributed by atoms with van der Waals surface area (Å²) < 4.78 is 42.1. The number of benzene rings is 2. The molecule has 38 heavy (non-hydrogen) atoms. The lowest BCUT2D eigenvalue weighted by Gasteiger charge is -2.19. The Balaban J connectivity index is 1.49. The Bertz CT molecular complexity index is 1190. The molecule has 4 heterocycles. The van der Waals surface area contributed by atoms with E-state index in [1.54, 1.807) is 24.3 Å². The van der Waals surface area contributed by atoms with E-state index in [2.05, 4.69) is 0 Å². The van der Waals surface area contributed by atoms with Crippen molar-refractivity contribution in [1.29, 1.82) is 0 Å². The zero-order valence-electron chi connectivity index (χ0n) is 20.2. The molecule has 4 saturated heterocycles. The van der Waals surface area contributed by atoms with Gasteiger partial charge in [0.1, 0.15) is 50.8 Å². The van der Waals surface area contributed by atoms with Crippen LogP contribution in [0.5, 0.6) is 0 Å². The molecule has 4 aliphatic heterocycles. The van der Waals surface area contributed by atoms with Gasteiger partial charge in [0.2, 0.25) is 0 Å². The van der Waals surface area contributed by atoms with Crippen LogP contribution in [0.1, 0.15) is 41.4 Å². The molecule has 4 atom stereocenters. The van der Waals surface area contributed by atoms with Crippen molar-refractivity contribution in [2.24, 2.45) is 0 Å². The van der Waals surface area contributed by atoms with E-state index in [0.29, 0.717) is 26.4 Å². The molecule has 0 amide bonds. The number of hydrogen-bond acceptors (Lipinski definition) is 12. The van der Waals surface area contributed by atoms with Gasteiger partial charge in [0.05, 0.1) is 48.7 Å². The molecule has 0 aromatic heterocycles. The van der Waals surface area contributed by atoms with Gasteiger partial charge in [-0.15, -0.1) is 0 Å². The third-order valence-corrected chi connectivity index (χ3v) is 6.24. The van der Waals surface area contributed by atoms with E-state index in [0.717, 1.165) is 0 Å². The Morgan fingerprint density at radius 2 is 0.789 bits per heavy atom. The first-order chi connectivity index (χ1) is 18.5. The molecule has 0 N–H and O–H groups in total. The normalized spacial score (nSPS) is 24.3. The van der Waals surface area contributed by atoms with Crippen LogP contribution in [-0.4, -0.2) is 101 Å². The largest absolute Gasteiger partial charge is 0.459 e. The minimum atomic E-state index is -1.00. The Labute approximate surface area is 215 Å². The molecule has 12 nitrogen and oxygen atoms in total. The summed E-state index contributed by atoms with van der Waals surface area (Å²) in [6, 6.07) is 6.36. The molecular weight excluding hydrogens is 504 g/mol. The average Bonchev–Trinajstić information content (AvgIpc) is 3.76. The van der Waals surface area contributed by atoms with Gasteiger partial charge in [-0.25, -0.2) is 19.2 Å². The highest BCUT2D eigenvalue weighted by Crippen LogP contribution is 2.34. The zero-order valence-corrected chi connectivity index (χ0v) is 20.2. The Morgan fingerprint density at radius 1 is 0.526 bits per heavy atom. The average molecular weight is 528 g/mol. The van der Waals surface area contributed by atoms with Crippen LogP contribution in [0, 0.1) is 0 Å². The number of hydrogen-bond donors (Lipinski definition) is 0. The van der Waals surface area contributed by atoms with Crippen molar-refractivity contribution in [3.63, 3.8) is 0 Å². The van der Waals surface area contributed by atoms with Crippen LogP contribution < -0.4 is 0 Å². The predicted molar refractivity (Wildman–Crippen MR) is 124 cm³/mol. The number of epoxide rings is 4. The first-order valence-electron chi connectivity index (χ1n) is 12.2. The number of fused-ring (bicyclic) bond motifs is 1. The molecule has 6 rings (SSSR count). The van der Waals surface area contributed by atoms with Gasteiger partial charge in [0.15, 0.2) is 0 Å². The summed E-state index contributed by atoms with van der Waals surface area (Å²) in [5.41, 5.74) is -1.33. The smallest absolute Gasteiger partial charge is 0.340 e. The van der Waals surface area contributed by atoms with Crippen molar-refractivity contribution in [3.8, 4) is 0 Å². The monoisotopic (exact) mass is 528 g/mol. The Hall–Kier alpha value is -3.58. The molecule has 0 bridgehead atoms. The molecule has 4 fully saturated rings. The van der Waals surface area contributed by atoms with Crippen LogP contribution in [0.15, 0.2) is 24.3 Å². The fourth-order valence-electron chi connectivity index (χ4n) is 3.89. The molecule has 2 aromatic carbocycles. The summed E-state index contributed by atoms with van der Waals surface area (Å²) in [6.07, 6.45) is -1.05. The second-order valence-electron chi connectivity index (χ2n) is 9.26. The van der Waals surface area contributed by atoms with Crippen LogP contribution in [-0.2, 0) is 37.9 Å². The van der Waals surface area contributed by atoms with E-state index in [9.17, 15) is 19.2 Å². The second kappa shape index (κ2) is 10.3. The predicted octanol–water partition coefficient (Wildman–Crippen LogP) is 1.06. The lowest BCUT2D eigenvalue weighted by Crippen LogP contribution is -2.26. The summed E-state index contributed by atoms with van der Waals surface area (Å²) in [7, 11) is 0. The van der Waals surface area contributed by atoms with E-state index >= 15 is 0 Å². The maximum Gasteiger partial charge on any atom is 0.340 e. The standard InChI is InChI=1S/C26H24O12/c27-23(35-9-13-5-31-13)19-17-3-1-2-4-18(17)20(24(28)36-10-14-6-32-14)22(26(30)38-12-16-8-34-16)21(19)25(29)37-11-15-7-33-15/h1-4,13-16H,5-12H2. The van der Waals surface area contributed by atoms with Crippen molar-refractivity contribution in [3.05, 3.63) is 46.5 Å². The molecule has 0 aliphatic carbocycles. The Kier molecular flexibility index (Phi) is 6.70. The second-order valence-corrected chi connectivity index (χ2v) is 9.26. The molecule has 0 spiro atoms. The molecule has 200 valence electrons. The molecular formula is C26H24O12. The van der Waals surface area contributed by atoms with Crippen molar-refractivity contribution in [2.45, 2.75) is 24.4 Å². The highest BCUT2D eigenvalue weighted by Gasteiger charge is 2.38. The zero-order chi connectivity index (χ0) is 26.2. The van der Waals surface area contributed by atoms with Gasteiger partial charge < -0.3 is 37.9 Å². The van der Waals surface area contributed by atoms with E-state index in [-0.39, 0.29) is 72.7 Å². The maximum absolute atomic E-state index is 13.5. The molecule has 0 saturated carbocycles. The third-order valence-electron chi connectivity index (χ3n) is 6.24. The van der Waals surface area contributed by atoms with E-state index in [4.69, 9.17) is 37.9 Å². The van der Waals surface area contributed by atoms with Crippen molar-refractivity contribution in [1.82, 2.24) is 0 Å². The summed E-state index contributed by atoms with van der Waals surface area (Å²) in [5, 5.41) is 0.418. The summed E-state index contributed by atoms with van der Waals surface area (Å²) in [6.45, 7) is 1.44. The van der Waals surface area contributed by atoms with Crippen LogP contribution >= 0.6 is 0 Å². The van der Waals surface area contributed by atoms with Crippen molar-refractivity contribution in [2.75, 3.05) is 52.9 Å². The first-order valence-corrected chi connectivity index (χ1v) is 12.2. The summed E-state index contributed by atoms with van der Waals surface area (Å²) in [5.74, 6) is -3.76. The highest BCUT2D eigenvalue weighted by atomic mass is 16.6. The molecule has 4 unspecified atom stereocenters. The highest BCUT2D eigenvalue weighted by molar-refractivity contribution is 6.24. The topological polar surface area (TPSA) is 155 Å². The van der Waals surface area contributed by atoms with E-state index in [1.807, 2.05) is 0 Å². The van der Waals surface area contributed by atoms with Crippen LogP contribution in [0.3, 0.4) is 0 Å². The van der Waals surface area contributed by atoms with Gasteiger partial charge in [0, 0.05) is 0 Å². The van der Waals surface area contributed by atoms with Gasteiger partial charge >= 0.3 is 23.9 Å². The molecule has 0 radical (unpaired) electrons. The quantitative estimate of drug-likeness (QED) is 0.220. The minimum Gasteiger partial charge on any atom is -0.459 e. The fourth-order valence-corrected chi connectivity index (χ4v) is 3.89. The van der Waals surface area contributed by atoms with Gasteiger partial charge in [-0.1, -0.05) is 24.3 Å². The SMILES string of the molecule is O=C(OCC1CO1)c1c(C(=O)OCC2CO2)c(C(=O)OCC2CO2)c2ccccc2c1C(=O)OCC1CO1. The lowest BCUT2D eigenvalue weighted by molar-refractivity contribution is 0.0398. The van der Waals surface area contributed by atoms with Crippen LogP contribution in [0.25, 0.3) is 10.8 Å². The minimum absolute atomic E-state index is 0.0401. The maximum atomic E-state index is 13.5. The molecule has 2 aromatic rings. The van der Waals surface area contributed by atoms with Gasteiger partial charge in [-0.3, -0.25) is 0 Å². The molecule has 12 heteroatoms. The van der Waals surface area contributed by atoms with Crippen LogP contribution in [0.4, 0.5) is 0 Å². The van der Waals surface area contributed by atoms with Crippen molar-refractivity contribution >= 4 is 34.6 Å². The van der Waals surface area contributed by atoms with Crippen molar-refractivity contribution < 1.29 is 57.1 Å². The summed E-state index contributed by atoms with van der Waals surface area (Å²) >= 11 is 0. The van der Waals surface area contributed by atoms with Gasteiger partial charge in [-0.2, -0.15) is 0 Å².